The summed E-state index contributed by atoms with van der Waals surface area (Å²) in [4.78, 5) is 27.9. The molecule has 0 aliphatic carbocycles. The summed E-state index contributed by atoms with van der Waals surface area (Å²) in [5.41, 5.74) is 3.48. The molecule has 3 aromatic carbocycles. The highest BCUT2D eigenvalue weighted by Gasteiger charge is 2.16. The number of aromatic nitrogens is 2. The van der Waals surface area contributed by atoms with Crippen molar-refractivity contribution < 1.29 is 5.11 Å². The summed E-state index contributed by atoms with van der Waals surface area (Å²) in [5.74, 6) is 0. The van der Waals surface area contributed by atoms with Crippen molar-refractivity contribution >= 4 is 38.8 Å². The SMILES string of the molecule is CN(C)c1ccc(-c2cc(=O)n(CC(O)Cn3c4ccccc4c4ccccc43)c(=O)s2)cc1. The molecule has 0 aliphatic heterocycles. The van der Waals surface area contributed by atoms with Gasteiger partial charge in [0.15, 0.2) is 0 Å². The summed E-state index contributed by atoms with van der Waals surface area (Å²) in [5, 5.41) is 13.1. The third-order valence-electron chi connectivity index (χ3n) is 6.07. The molecule has 0 amide bonds. The molecule has 34 heavy (non-hydrogen) atoms. The van der Waals surface area contributed by atoms with Gasteiger partial charge in [-0.25, -0.2) is 0 Å². The van der Waals surface area contributed by atoms with Crippen LogP contribution in [-0.4, -0.2) is 34.4 Å². The monoisotopic (exact) mass is 471 g/mol. The molecule has 1 unspecified atom stereocenters. The Labute approximate surface area is 200 Å². The maximum Gasteiger partial charge on any atom is 0.310 e. The number of anilines is 1. The van der Waals surface area contributed by atoms with E-state index < -0.39 is 11.7 Å². The van der Waals surface area contributed by atoms with E-state index in [9.17, 15) is 14.7 Å². The Morgan fingerprint density at radius 1 is 0.824 bits per heavy atom. The maximum absolute atomic E-state index is 12.8. The van der Waals surface area contributed by atoms with Gasteiger partial charge in [0.05, 0.1) is 19.2 Å². The topological polar surface area (TPSA) is 67.5 Å². The molecule has 0 aliphatic rings. The molecule has 0 spiro atoms. The van der Waals surface area contributed by atoms with Crippen LogP contribution in [0.2, 0.25) is 0 Å². The first kappa shape index (κ1) is 22.1. The van der Waals surface area contributed by atoms with Gasteiger partial charge in [-0.05, 0) is 29.8 Å². The average Bonchev–Trinajstić information content (AvgIpc) is 3.15. The molecule has 7 heteroatoms. The molecule has 1 N–H and O–H groups in total. The first-order valence-electron chi connectivity index (χ1n) is 11.1. The van der Waals surface area contributed by atoms with Gasteiger partial charge < -0.3 is 14.6 Å². The molecule has 2 heterocycles. The van der Waals surface area contributed by atoms with Crippen LogP contribution in [0.5, 0.6) is 0 Å². The molecule has 0 radical (unpaired) electrons. The van der Waals surface area contributed by atoms with E-state index in [0.717, 1.165) is 49.0 Å². The van der Waals surface area contributed by atoms with Gasteiger partial charge in [-0.3, -0.25) is 14.2 Å². The van der Waals surface area contributed by atoms with E-state index in [4.69, 9.17) is 0 Å². The number of aliphatic hydroxyl groups is 1. The first-order chi connectivity index (χ1) is 16.4. The minimum absolute atomic E-state index is 0.0607. The second-order valence-electron chi connectivity index (χ2n) is 8.57. The number of hydrogen-bond acceptors (Lipinski definition) is 5. The van der Waals surface area contributed by atoms with Crippen molar-refractivity contribution in [3.8, 4) is 10.4 Å². The highest BCUT2D eigenvalue weighted by molar-refractivity contribution is 7.12. The third kappa shape index (κ3) is 4.04. The molecule has 1 atom stereocenters. The zero-order chi connectivity index (χ0) is 23.8. The van der Waals surface area contributed by atoms with E-state index in [0.29, 0.717) is 4.88 Å². The largest absolute Gasteiger partial charge is 0.389 e. The molecule has 2 aromatic heterocycles. The van der Waals surface area contributed by atoms with Crippen LogP contribution < -0.4 is 15.3 Å². The zero-order valence-electron chi connectivity index (χ0n) is 19.0. The summed E-state index contributed by atoms with van der Waals surface area (Å²) in [7, 11) is 3.92. The van der Waals surface area contributed by atoms with Crippen LogP contribution in [0.15, 0.2) is 88.5 Å². The van der Waals surface area contributed by atoms with Crippen LogP contribution >= 0.6 is 11.3 Å². The number of benzene rings is 3. The first-order valence-corrected chi connectivity index (χ1v) is 11.9. The van der Waals surface area contributed by atoms with Gasteiger partial charge in [0.1, 0.15) is 0 Å². The minimum Gasteiger partial charge on any atom is -0.389 e. The molecule has 0 saturated carbocycles. The van der Waals surface area contributed by atoms with Gasteiger partial charge in [-0.15, -0.1) is 0 Å². The average molecular weight is 472 g/mol. The van der Waals surface area contributed by atoms with E-state index in [2.05, 4.69) is 16.7 Å². The zero-order valence-corrected chi connectivity index (χ0v) is 19.8. The Bertz CT molecular complexity index is 1510. The second-order valence-corrected chi connectivity index (χ2v) is 9.56. The Morgan fingerprint density at radius 2 is 1.38 bits per heavy atom. The lowest BCUT2D eigenvalue weighted by Crippen LogP contribution is -2.36. The fraction of sp³-hybridized carbons (Fsp3) is 0.185. The number of para-hydroxylation sites is 2. The quantitative estimate of drug-likeness (QED) is 0.404. The standard InChI is InChI=1S/C27H25N3O3S/c1-28(2)19-13-11-18(12-14-19)25-15-26(32)30(27(33)34-25)17-20(31)16-29-23-9-5-3-7-21(23)22-8-4-6-10-24(22)29/h3-15,20,31H,16-17H2,1-2H3. The normalized spacial score (nSPS) is 12.3. The van der Waals surface area contributed by atoms with E-state index in [1.165, 1.54) is 6.07 Å². The molecule has 172 valence electrons. The van der Waals surface area contributed by atoms with Crippen LogP contribution in [-0.2, 0) is 13.1 Å². The van der Waals surface area contributed by atoms with Gasteiger partial charge in [-0.2, -0.15) is 0 Å². The van der Waals surface area contributed by atoms with Crippen LogP contribution in [0.25, 0.3) is 32.2 Å². The van der Waals surface area contributed by atoms with Crippen molar-refractivity contribution in [3.05, 3.63) is 98.9 Å². The lowest BCUT2D eigenvalue weighted by Gasteiger charge is -2.15. The Morgan fingerprint density at radius 3 is 1.94 bits per heavy atom. The van der Waals surface area contributed by atoms with Crippen LogP contribution in [0.1, 0.15) is 0 Å². The van der Waals surface area contributed by atoms with Gasteiger partial charge >= 0.3 is 4.87 Å². The third-order valence-corrected chi connectivity index (χ3v) is 7.04. The van der Waals surface area contributed by atoms with Crippen molar-refractivity contribution in [2.24, 2.45) is 0 Å². The lowest BCUT2D eigenvalue weighted by atomic mass is 10.1. The molecular formula is C27H25N3O3S. The van der Waals surface area contributed by atoms with E-state index >= 15 is 0 Å². The number of rotatable bonds is 6. The summed E-state index contributed by atoms with van der Waals surface area (Å²) >= 11 is 1.02. The van der Waals surface area contributed by atoms with Gasteiger partial charge in [0.2, 0.25) is 0 Å². The lowest BCUT2D eigenvalue weighted by molar-refractivity contribution is 0.135. The maximum atomic E-state index is 12.8. The summed E-state index contributed by atoms with van der Waals surface area (Å²) < 4.78 is 3.18. The fourth-order valence-corrected chi connectivity index (χ4v) is 5.25. The smallest absolute Gasteiger partial charge is 0.310 e. The fourth-order valence-electron chi connectivity index (χ4n) is 4.37. The minimum atomic E-state index is -0.901. The van der Waals surface area contributed by atoms with Gasteiger partial charge in [0, 0.05) is 52.5 Å². The molecule has 6 nitrogen and oxygen atoms in total. The summed E-state index contributed by atoms with van der Waals surface area (Å²) in [6.45, 7) is 0.215. The second kappa shape index (κ2) is 8.93. The van der Waals surface area contributed by atoms with E-state index in [-0.39, 0.29) is 18.0 Å². The van der Waals surface area contributed by atoms with Crippen molar-refractivity contribution in [1.82, 2.24) is 9.13 Å². The number of nitrogens with zero attached hydrogens (tertiary/aromatic N) is 3. The van der Waals surface area contributed by atoms with Crippen molar-refractivity contribution in [2.75, 3.05) is 19.0 Å². The number of hydrogen-bond donors (Lipinski definition) is 1. The van der Waals surface area contributed by atoms with Crippen molar-refractivity contribution in [1.29, 1.82) is 0 Å². The highest BCUT2D eigenvalue weighted by Crippen LogP contribution is 2.29. The van der Waals surface area contributed by atoms with E-state index in [1.807, 2.05) is 79.7 Å². The molecule has 0 saturated heterocycles. The predicted octanol–water partition coefficient (Wildman–Crippen LogP) is 4.17. The van der Waals surface area contributed by atoms with Gasteiger partial charge in [-0.1, -0.05) is 59.9 Å². The highest BCUT2D eigenvalue weighted by atomic mass is 32.1. The molecular weight excluding hydrogens is 446 g/mol. The summed E-state index contributed by atoms with van der Waals surface area (Å²) in [6.07, 6.45) is -0.901. The molecule has 5 rings (SSSR count). The van der Waals surface area contributed by atoms with Crippen LogP contribution in [0.4, 0.5) is 5.69 Å². The van der Waals surface area contributed by atoms with Crippen molar-refractivity contribution in [3.63, 3.8) is 0 Å². The van der Waals surface area contributed by atoms with Gasteiger partial charge in [0.25, 0.3) is 5.56 Å². The molecule has 0 bridgehead atoms. The molecule has 0 fully saturated rings. The number of aliphatic hydroxyl groups excluding tert-OH is 1. The van der Waals surface area contributed by atoms with E-state index in [1.54, 1.807) is 0 Å². The van der Waals surface area contributed by atoms with Crippen molar-refractivity contribution in [2.45, 2.75) is 19.2 Å². The van der Waals surface area contributed by atoms with Crippen LogP contribution in [0.3, 0.4) is 0 Å². The Balaban J connectivity index is 1.43. The predicted molar refractivity (Wildman–Crippen MR) is 140 cm³/mol. The van der Waals surface area contributed by atoms with Crippen LogP contribution in [0, 0.1) is 0 Å². The Hall–Kier alpha value is -3.68. The number of fused-ring (bicyclic) bond motifs is 3. The Kier molecular flexibility index (Phi) is 5.81. The summed E-state index contributed by atoms with van der Waals surface area (Å²) in [6, 6.07) is 25.3. The molecule has 5 aromatic rings.